The Kier molecular flexibility index (Phi) is 19.9. The van der Waals surface area contributed by atoms with Crippen LogP contribution in [0, 0.1) is 0 Å². The van der Waals surface area contributed by atoms with E-state index >= 15 is 0 Å². The molecule has 0 aliphatic rings. The standard InChI is InChI=1S/C10H16.2C2H6/c1-6-9(4)7-10(5)8(2)3;2*1-2/h6-7H,2H2,1,3-5H3;2*1-2H3/b9-6-,10-7-;;. The molecule has 0 spiro atoms. The molecule has 0 radical (unpaired) electrons. The highest BCUT2D eigenvalue weighted by molar-refractivity contribution is 5.31. The van der Waals surface area contributed by atoms with Gasteiger partial charge in [0.05, 0.1) is 0 Å². The maximum Gasteiger partial charge on any atom is -0.0395 e. The molecule has 0 aromatic heterocycles. The van der Waals surface area contributed by atoms with Crippen molar-refractivity contribution < 1.29 is 0 Å². The molecule has 0 bridgehead atoms. The van der Waals surface area contributed by atoms with E-state index in [1.54, 1.807) is 0 Å². The minimum Gasteiger partial charge on any atom is -0.0958 e. The molecular formula is C14H28. The lowest BCUT2D eigenvalue weighted by Crippen LogP contribution is -1.77. The van der Waals surface area contributed by atoms with Crippen molar-refractivity contribution >= 4 is 0 Å². The molecular weight excluding hydrogens is 168 g/mol. The molecule has 0 amide bonds. The second-order valence-corrected chi connectivity index (χ2v) is 2.64. The van der Waals surface area contributed by atoms with Gasteiger partial charge in [-0.2, -0.15) is 0 Å². The zero-order chi connectivity index (χ0) is 12.1. The number of hydrogen-bond acceptors (Lipinski definition) is 0. The van der Waals surface area contributed by atoms with E-state index in [1.165, 1.54) is 11.1 Å². The Morgan fingerprint density at radius 2 is 1.29 bits per heavy atom. The van der Waals surface area contributed by atoms with E-state index in [0.29, 0.717) is 0 Å². The van der Waals surface area contributed by atoms with Crippen LogP contribution in [-0.2, 0) is 0 Å². The Hall–Kier alpha value is -0.780. The average molecular weight is 196 g/mol. The summed E-state index contributed by atoms with van der Waals surface area (Å²) in [7, 11) is 0. The van der Waals surface area contributed by atoms with Crippen molar-refractivity contribution in [1.29, 1.82) is 0 Å². The summed E-state index contributed by atoms with van der Waals surface area (Å²) in [5, 5.41) is 0. The van der Waals surface area contributed by atoms with Crippen molar-refractivity contribution in [2.45, 2.75) is 55.4 Å². The van der Waals surface area contributed by atoms with Gasteiger partial charge in [0, 0.05) is 0 Å². The number of allylic oxidation sites excluding steroid dienone is 5. The minimum absolute atomic E-state index is 1.14. The molecule has 0 heteroatoms. The first kappa shape index (κ1) is 18.9. The Morgan fingerprint density at radius 1 is 0.929 bits per heavy atom. The largest absolute Gasteiger partial charge is 0.0958 e. The van der Waals surface area contributed by atoms with Gasteiger partial charge in [-0.25, -0.2) is 0 Å². The highest BCUT2D eigenvalue weighted by Crippen LogP contribution is 2.08. The van der Waals surface area contributed by atoms with Gasteiger partial charge < -0.3 is 0 Å². The van der Waals surface area contributed by atoms with Crippen LogP contribution < -0.4 is 0 Å². The molecule has 0 saturated heterocycles. The smallest absolute Gasteiger partial charge is 0.0395 e. The summed E-state index contributed by atoms with van der Waals surface area (Å²) in [5.74, 6) is 0. The van der Waals surface area contributed by atoms with Crippen molar-refractivity contribution in [3.8, 4) is 0 Å². The van der Waals surface area contributed by atoms with Gasteiger partial charge in [-0.05, 0) is 33.3 Å². The lowest BCUT2D eigenvalue weighted by Gasteiger charge is -1.97. The summed E-state index contributed by atoms with van der Waals surface area (Å²) >= 11 is 0. The fraction of sp³-hybridized carbons (Fsp3) is 0.571. The first-order valence-electron chi connectivity index (χ1n) is 5.55. The fourth-order valence-electron chi connectivity index (χ4n) is 0.548. The predicted octanol–water partition coefficient (Wildman–Crippen LogP) is 5.53. The SMILES string of the molecule is C=C(C)/C(C)=C\C(C)=C/C.CC.CC. The van der Waals surface area contributed by atoms with Crippen LogP contribution in [0.25, 0.3) is 0 Å². The van der Waals surface area contributed by atoms with Crippen LogP contribution in [0.3, 0.4) is 0 Å². The van der Waals surface area contributed by atoms with Crippen molar-refractivity contribution in [2.75, 3.05) is 0 Å². The summed E-state index contributed by atoms with van der Waals surface area (Å²) < 4.78 is 0. The number of hydrogen-bond donors (Lipinski definition) is 0. The van der Waals surface area contributed by atoms with E-state index in [-0.39, 0.29) is 0 Å². The van der Waals surface area contributed by atoms with Crippen LogP contribution in [-0.4, -0.2) is 0 Å². The molecule has 0 N–H and O–H groups in total. The van der Waals surface area contributed by atoms with Gasteiger partial charge >= 0.3 is 0 Å². The van der Waals surface area contributed by atoms with Crippen LogP contribution in [0.4, 0.5) is 0 Å². The van der Waals surface area contributed by atoms with Gasteiger partial charge in [0.1, 0.15) is 0 Å². The van der Waals surface area contributed by atoms with Gasteiger partial charge in [0.2, 0.25) is 0 Å². The van der Waals surface area contributed by atoms with E-state index in [0.717, 1.165) is 5.57 Å². The van der Waals surface area contributed by atoms with Crippen molar-refractivity contribution in [1.82, 2.24) is 0 Å². The van der Waals surface area contributed by atoms with E-state index in [4.69, 9.17) is 0 Å². The molecule has 84 valence electrons. The van der Waals surface area contributed by atoms with Crippen LogP contribution in [0.2, 0.25) is 0 Å². The third-order valence-electron chi connectivity index (χ3n) is 1.57. The van der Waals surface area contributed by atoms with E-state index in [1.807, 2.05) is 41.5 Å². The zero-order valence-electron chi connectivity index (χ0n) is 11.4. The normalized spacial score (nSPS) is 10.6. The van der Waals surface area contributed by atoms with E-state index < -0.39 is 0 Å². The Labute approximate surface area is 91.4 Å². The monoisotopic (exact) mass is 196 g/mol. The molecule has 0 aliphatic heterocycles. The van der Waals surface area contributed by atoms with Gasteiger partial charge in [-0.15, -0.1) is 0 Å². The fourth-order valence-corrected chi connectivity index (χ4v) is 0.548. The van der Waals surface area contributed by atoms with E-state index in [2.05, 4.69) is 32.6 Å². The first-order chi connectivity index (χ1) is 6.57. The van der Waals surface area contributed by atoms with Crippen molar-refractivity contribution in [2.24, 2.45) is 0 Å². The molecule has 0 saturated carbocycles. The molecule has 0 unspecified atom stereocenters. The van der Waals surface area contributed by atoms with Crippen molar-refractivity contribution in [3.63, 3.8) is 0 Å². The van der Waals surface area contributed by atoms with Crippen LogP contribution >= 0.6 is 0 Å². The summed E-state index contributed by atoms with van der Waals surface area (Å²) in [4.78, 5) is 0. The topological polar surface area (TPSA) is 0 Å². The van der Waals surface area contributed by atoms with Gasteiger partial charge in [-0.3, -0.25) is 0 Å². The maximum absolute atomic E-state index is 3.85. The molecule has 0 aromatic carbocycles. The highest BCUT2D eigenvalue weighted by atomic mass is 13.9. The van der Waals surface area contributed by atoms with Crippen LogP contribution in [0.5, 0.6) is 0 Å². The number of rotatable bonds is 2. The molecule has 0 heterocycles. The second-order valence-electron chi connectivity index (χ2n) is 2.64. The summed E-state index contributed by atoms with van der Waals surface area (Å²) in [6.07, 6.45) is 4.23. The lowest BCUT2D eigenvalue weighted by atomic mass is 10.1. The molecule has 0 aliphatic carbocycles. The molecule has 0 rings (SSSR count). The maximum atomic E-state index is 3.85. The van der Waals surface area contributed by atoms with Crippen LogP contribution in [0.15, 0.2) is 35.5 Å². The predicted molar refractivity (Wildman–Crippen MR) is 70.7 cm³/mol. The van der Waals surface area contributed by atoms with Gasteiger partial charge in [0.25, 0.3) is 0 Å². The summed E-state index contributed by atoms with van der Waals surface area (Å²) in [6, 6.07) is 0. The zero-order valence-corrected chi connectivity index (χ0v) is 11.4. The minimum atomic E-state index is 1.14. The van der Waals surface area contributed by atoms with Gasteiger partial charge in [0.15, 0.2) is 0 Å². The molecule has 14 heavy (non-hydrogen) atoms. The third kappa shape index (κ3) is 13.8. The Balaban J connectivity index is -0.000000266. The Bertz CT molecular complexity index is 180. The first-order valence-corrected chi connectivity index (χ1v) is 5.55. The molecule has 0 fully saturated rings. The summed E-state index contributed by atoms with van der Waals surface area (Å²) in [6.45, 7) is 20.1. The van der Waals surface area contributed by atoms with Crippen molar-refractivity contribution in [3.05, 3.63) is 35.5 Å². The average Bonchev–Trinajstić information content (AvgIpc) is 2.23. The second kappa shape index (κ2) is 14.7. The quantitative estimate of drug-likeness (QED) is 0.510. The molecule has 0 nitrogen and oxygen atoms in total. The lowest BCUT2D eigenvalue weighted by molar-refractivity contribution is 1.33. The Morgan fingerprint density at radius 3 is 1.50 bits per heavy atom. The van der Waals surface area contributed by atoms with Crippen LogP contribution in [0.1, 0.15) is 55.4 Å². The van der Waals surface area contributed by atoms with Gasteiger partial charge in [-0.1, -0.05) is 57.6 Å². The third-order valence-corrected chi connectivity index (χ3v) is 1.57. The highest BCUT2D eigenvalue weighted by Gasteiger charge is 1.87. The molecule has 0 atom stereocenters. The summed E-state index contributed by atoms with van der Waals surface area (Å²) in [5.41, 5.74) is 3.69. The van der Waals surface area contributed by atoms with E-state index in [9.17, 15) is 0 Å². The molecule has 0 aromatic rings.